The number of pyridine rings is 1. The second-order valence-corrected chi connectivity index (χ2v) is 4.97. The zero-order chi connectivity index (χ0) is 13.1. The Morgan fingerprint density at radius 1 is 1.33 bits per heavy atom. The molecule has 0 spiro atoms. The van der Waals surface area contributed by atoms with Crippen LogP contribution in [-0.4, -0.2) is 4.98 Å². The first-order chi connectivity index (χ1) is 8.60. The van der Waals surface area contributed by atoms with Gasteiger partial charge in [-0.25, -0.2) is 9.37 Å². The van der Waals surface area contributed by atoms with Gasteiger partial charge in [-0.2, -0.15) is 0 Å². The molecule has 94 valence electrons. The van der Waals surface area contributed by atoms with E-state index in [9.17, 15) is 4.39 Å². The lowest BCUT2D eigenvalue weighted by Crippen LogP contribution is -1.92. The lowest BCUT2D eigenvalue weighted by atomic mass is 10.3. The van der Waals surface area contributed by atoms with Gasteiger partial charge in [0.05, 0.1) is 4.47 Å². The molecule has 0 saturated carbocycles. The predicted molar refractivity (Wildman–Crippen MR) is 73.0 cm³/mol. The van der Waals surface area contributed by atoms with Gasteiger partial charge in [-0.1, -0.05) is 11.6 Å². The lowest BCUT2D eigenvalue weighted by molar-refractivity contribution is 0.458. The molecule has 0 fully saturated rings. The van der Waals surface area contributed by atoms with Crippen molar-refractivity contribution < 1.29 is 9.13 Å². The zero-order valence-corrected chi connectivity index (χ0v) is 12.1. The molecule has 0 aliphatic carbocycles. The molecule has 0 unspecified atom stereocenters. The Bertz CT molecular complexity index is 580. The van der Waals surface area contributed by atoms with Gasteiger partial charge < -0.3 is 4.74 Å². The smallest absolute Gasteiger partial charge is 0.238 e. The Morgan fingerprint density at radius 3 is 2.72 bits per heavy atom. The van der Waals surface area contributed by atoms with E-state index < -0.39 is 0 Å². The Kier molecular flexibility index (Phi) is 4.43. The highest BCUT2D eigenvalue weighted by Gasteiger charge is 2.09. The third kappa shape index (κ3) is 3.13. The summed E-state index contributed by atoms with van der Waals surface area (Å²) in [6, 6.07) is 5.76. The second-order valence-electron chi connectivity index (χ2n) is 3.44. The number of benzene rings is 1. The molecule has 1 aromatic carbocycles. The van der Waals surface area contributed by atoms with Gasteiger partial charge in [0.25, 0.3) is 0 Å². The number of aromatic nitrogens is 1. The van der Waals surface area contributed by atoms with E-state index in [-0.39, 0.29) is 11.7 Å². The van der Waals surface area contributed by atoms with Gasteiger partial charge in [0.2, 0.25) is 5.88 Å². The largest absolute Gasteiger partial charge is 0.436 e. The first-order valence-electron chi connectivity index (χ1n) is 4.93. The fourth-order valence-corrected chi connectivity index (χ4v) is 2.08. The van der Waals surface area contributed by atoms with Gasteiger partial charge in [-0.3, -0.25) is 0 Å². The molecule has 0 radical (unpaired) electrons. The summed E-state index contributed by atoms with van der Waals surface area (Å²) in [6.45, 7) is 0. The maximum absolute atomic E-state index is 12.9. The van der Waals surface area contributed by atoms with E-state index in [4.69, 9.17) is 27.9 Å². The normalized spacial score (nSPS) is 10.4. The Balaban J connectivity index is 2.28. The highest BCUT2D eigenvalue weighted by molar-refractivity contribution is 9.10. The van der Waals surface area contributed by atoms with Crippen LogP contribution in [0.2, 0.25) is 5.02 Å². The average Bonchev–Trinajstić information content (AvgIpc) is 2.34. The van der Waals surface area contributed by atoms with Crippen LogP contribution in [0.4, 0.5) is 4.39 Å². The SMILES string of the molecule is Fc1ccc(Oc2ncc(CCl)cc2Cl)c(Br)c1. The van der Waals surface area contributed by atoms with Crippen molar-refractivity contribution in [3.63, 3.8) is 0 Å². The van der Waals surface area contributed by atoms with E-state index in [2.05, 4.69) is 20.9 Å². The molecule has 2 rings (SSSR count). The van der Waals surface area contributed by atoms with Crippen LogP contribution in [0.15, 0.2) is 34.9 Å². The zero-order valence-electron chi connectivity index (χ0n) is 8.96. The number of halogens is 4. The van der Waals surface area contributed by atoms with Crippen LogP contribution >= 0.6 is 39.1 Å². The van der Waals surface area contributed by atoms with E-state index in [1.807, 2.05) is 0 Å². The van der Waals surface area contributed by atoms with Crippen molar-refractivity contribution >= 4 is 39.1 Å². The molecule has 0 bridgehead atoms. The predicted octanol–water partition coefficient (Wildman–Crippen LogP) is 5.17. The van der Waals surface area contributed by atoms with Crippen LogP contribution in [0.25, 0.3) is 0 Å². The average molecular weight is 351 g/mol. The summed E-state index contributed by atoms with van der Waals surface area (Å²) in [5, 5.41) is 0.351. The van der Waals surface area contributed by atoms with Crippen molar-refractivity contribution in [2.24, 2.45) is 0 Å². The van der Waals surface area contributed by atoms with E-state index in [0.29, 0.717) is 21.1 Å². The third-order valence-electron chi connectivity index (χ3n) is 2.12. The lowest BCUT2D eigenvalue weighted by Gasteiger charge is -2.08. The second kappa shape index (κ2) is 5.87. The van der Waals surface area contributed by atoms with Gasteiger partial charge in [-0.05, 0) is 45.8 Å². The summed E-state index contributed by atoms with van der Waals surface area (Å²) < 4.78 is 18.9. The molecule has 0 aliphatic heterocycles. The minimum atomic E-state index is -0.356. The van der Waals surface area contributed by atoms with Crippen LogP contribution in [0.3, 0.4) is 0 Å². The summed E-state index contributed by atoms with van der Waals surface area (Å²) in [4.78, 5) is 4.05. The van der Waals surface area contributed by atoms with E-state index >= 15 is 0 Å². The topological polar surface area (TPSA) is 22.1 Å². The molecule has 1 heterocycles. The van der Waals surface area contributed by atoms with Gasteiger partial charge in [0.15, 0.2) is 0 Å². The summed E-state index contributed by atoms with van der Waals surface area (Å²) in [5.41, 5.74) is 0.798. The first kappa shape index (κ1) is 13.6. The van der Waals surface area contributed by atoms with Crippen molar-refractivity contribution in [1.29, 1.82) is 0 Å². The number of alkyl halides is 1. The molecule has 1 aromatic heterocycles. The quantitative estimate of drug-likeness (QED) is 0.712. The van der Waals surface area contributed by atoms with Crippen molar-refractivity contribution in [2.45, 2.75) is 5.88 Å². The molecular formula is C12H7BrCl2FNO. The standard InChI is InChI=1S/C12H7BrCl2FNO/c13-9-4-8(16)1-2-11(9)18-12-10(15)3-7(5-14)6-17-12/h1-4,6H,5H2. The molecular weight excluding hydrogens is 344 g/mol. The van der Waals surface area contributed by atoms with Crippen molar-refractivity contribution in [3.05, 3.63) is 51.3 Å². The summed E-state index contributed by atoms with van der Waals surface area (Å²) in [6.07, 6.45) is 1.58. The van der Waals surface area contributed by atoms with E-state index in [1.54, 1.807) is 12.3 Å². The number of hydrogen-bond donors (Lipinski definition) is 0. The number of ether oxygens (including phenoxy) is 1. The fraction of sp³-hybridized carbons (Fsp3) is 0.0833. The minimum absolute atomic E-state index is 0.248. The van der Waals surface area contributed by atoms with Gasteiger partial charge in [0.1, 0.15) is 16.6 Å². The Labute approximate surface area is 122 Å². The van der Waals surface area contributed by atoms with Crippen molar-refractivity contribution in [2.75, 3.05) is 0 Å². The van der Waals surface area contributed by atoms with Crippen LogP contribution in [-0.2, 0) is 5.88 Å². The van der Waals surface area contributed by atoms with Gasteiger partial charge >= 0.3 is 0 Å². The third-order valence-corrected chi connectivity index (χ3v) is 3.32. The number of hydrogen-bond acceptors (Lipinski definition) is 2. The maximum atomic E-state index is 12.9. The number of nitrogens with zero attached hydrogens (tertiary/aromatic N) is 1. The molecule has 0 atom stereocenters. The highest BCUT2D eigenvalue weighted by atomic mass is 79.9. The van der Waals surface area contributed by atoms with Crippen molar-refractivity contribution in [1.82, 2.24) is 4.98 Å². The van der Waals surface area contributed by atoms with Crippen LogP contribution in [0.1, 0.15) is 5.56 Å². The summed E-state index contributed by atoms with van der Waals surface area (Å²) in [7, 11) is 0. The van der Waals surface area contributed by atoms with Gasteiger partial charge in [-0.15, -0.1) is 11.6 Å². The molecule has 0 N–H and O–H groups in total. The summed E-state index contributed by atoms with van der Waals surface area (Å²) in [5.74, 6) is 0.654. The monoisotopic (exact) mass is 349 g/mol. The van der Waals surface area contributed by atoms with E-state index in [0.717, 1.165) is 5.56 Å². The fourth-order valence-electron chi connectivity index (χ4n) is 1.28. The maximum Gasteiger partial charge on any atom is 0.238 e. The first-order valence-corrected chi connectivity index (χ1v) is 6.64. The Hall–Kier alpha value is -0.840. The van der Waals surface area contributed by atoms with Crippen molar-refractivity contribution in [3.8, 4) is 11.6 Å². The van der Waals surface area contributed by atoms with E-state index in [1.165, 1.54) is 18.2 Å². The Morgan fingerprint density at radius 2 is 2.11 bits per heavy atom. The van der Waals surface area contributed by atoms with Crippen LogP contribution < -0.4 is 4.74 Å². The van der Waals surface area contributed by atoms with Gasteiger partial charge in [0, 0.05) is 12.1 Å². The molecule has 18 heavy (non-hydrogen) atoms. The minimum Gasteiger partial charge on any atom is -0.436 e. The van der Waals surface area contributed by atoms with Crippen LogP contribution in [0, 0.1) is 5.82 Å². The molecule has 2 aromatic rings. The molecule has 6 heteroatoms. The molecule has 0 saturated heterocycles. The molecule has 0 aliphatic rings. The van der Waals surface area contributed by atoms with Crippen LogP contribution in [0.5, 0.6) is 11.6 Å². The highest BCUT2D eigenvalue weighted by Crippen LogP contribution is 2.33. The summed E-state index contributed by atoms with van der Waals surface area (Å²) >= 11 is 14.9. The molecule has 2 nitrogen and oxygen atoms in total. The number of rotatable bonds is 3. The molecule has 0 amide bonds.